The molecule has 0 bridgehead atoms. The first kappa shape index (κ1) is 13.5. The highest BCUT2D eigenvalue weighted by Crippen LogP contribution is 2.21. The maximum absolute atomic E-state index is 11.3. The van der Waals surface area contributed by atoms with Crippen LogP contribution in [0.25, 0.3) is 0 Å². The summed E-state index contributed by atoms with van der Waals surface area (Å²) in [6.07, 6.45) is 0. The summed E-state index contributed by atoms with van der Waals surface area (Å²) in [6.45, 7) is 6.29. The lowest BCUT2D eigenvalue weighted by Gasteiger charge is -2.11. The molecule has 0 spiro atoms. The Kier molecular flexibility index (Phi) is 3.85. The Hall–Kier alpha value is -1.88. The molecular weight excluding hydrogens is 260 g/mol. The van der Waals surface area contributed by atoms with Gasteiger partial charge < -0.3 is 10.4 Å². The molecule has 0 amide bonds. The zero-order valence-electron chi connectivity index (χ0n) is 11.2. The molecule has 19 heavy (non-hydrogen) atoms. The van der Waals surface area contributed by atoms with Gasteiger partial charge in [-0.15, -0.1) is 11.3 Å². The fraction of sp³-hybridized carbons (Fsp3) is 0.286. The van der Waals surface area contributed by atoms with E-state index in [0.717, 1.165) is 16.1 Å². The van der Waals surface area contributed by atoms with Crippen LogP contribution in [-0.2, 0) is 6.54 Å². The molecule has 2 aromatic heterocycles. The van der Waals surface area contributed by atoms with Crippen molar-refractivity contribution < 1.29 is 9.90 Å². The number of aromatic nitrogens is 1. The molecule has 2 rings (SSSR count). The van der Waals surface area contributed by atoms with Crippen LogP contribution >= 0.6 is 11.3 Å². The van der Waals surface area contributed by atoms with E-state index in [1.54, 1.807) is 24.3 Å². The van der Waals surface area contributed by atoms with Crippen molar-refractivity contribution in [3.8, 4) is 0 Å². The highest BCUT2D eigenvalue weighted by Gasteiger charge is 2.15. The fourth-order valence-corrected chi connectivity index (χ4v) is 2.82. The van der Waals surface area contributed by atoms with E-state index < -0.39 is 5.97 Å². The number of nitrogens with zero attached hydrogens (tertiary/aromatic N) is 1. The monoisotopic (exact) mass is 276 g/mol. The number of thiophene rings is 1. The van der Waals surface area contributed by atoms with Crippen LogP contribution in [0.2, 0.25) is 0 Å². The lowest BCUT2D eigenvalue weighted by molar-refractivity contribution is 0.0697. The Labute approximate surface area is 116 Å². The molecule has 0 aliphatic rings. The molecule has 5 heteroatoms. The summed E-state index contributed by atoms with van der Waals surface area (Å²) in [4.78, 5) is 18.0. The molecule has 4 nitrogen and oxygen atoms in total. The molecule has 0 aromatic carbocycles. The number of hydrogen-bond acceptors (Lipinski definition) is 4. The van der Waals surface area contributed by atoms with Crippen molar-refractivity contribution in [2.45, 2.75) is 27.3 Å². The van der Waals surface area contributed by atoms with Gasteiger partial charge in [-0.3, -0.25) is 0 Å². The first-order valence-corrected chi connectivity index (χ1v) is 6.79. The lowest BCUT2D eigenvalue weighted by Crippen LogP contribution is -2.10. The molecular formula is C14H16N2O2S. The SMILES string of the molecule is Cc1cc(C)c(C(=O)O)c(NCc2ccc(C)s2)n1. The van der Waals surface area contributed by atoms with Gasteiger partial charge in [0.25, 0.3) is 0 Å². The zero-order valence-corrected chi connectivity index (χ0v) is 12.0. The number of anilines is 1. The third kappa shape index (κ3) is 3.12. The molecule has 0 aliphatic carbocycles. The maximum atomic E-state index is 11.3. The second-order valence-corrected chi connectivity index (χ2v) is 5.85. The van der Waals surface area contributed by atoms with Crippen molar-refractivity contribution in [2.75, 3.05) is 5.32 Å². The standard InChI is InChI=1S/C14H16N2O2S/c1-8-6-9(2)16-13(12(8)14(17)18)15-7-11-5-4-10(3)19-11/h4-6H,7H2,1-3H3,(H,15,16)(H,17,18). The highest BCUT2D eigenvalue weighted by molar-refractivity contribution is 7.11. The average molecular weight is 276 g/mol. The zero-order chi connectivity index (χ0) is 14.0. The summed E-state index contributed by atoms with van der Waals surface area (Å²) in [7, 11) is 0. The number of aromatic carboxylic acids is 1. The van der Waals surface area contributed by atoms with E-state index >= 15 is 0 Å². The normalized spacial score (nSPS) is 10.5. The van der Waals surface area contributed by atoms with Crippen molar-refractivity contribution in [3.63, 3.8) is 0 Å². The van der Waals surface area contributed by atoms with Crippen LogP contribution in [0.1, 0.15) is 31.4 Å². The maximum Gasteiger partial charge on any atom is 0.339 e. The van der Waals surface area contributed by atoms with E-state index in [2.05, 4.69) is 16.4 Å². The molecule has 0 saturated heterocycles. The van der Waals surface area contributed by atoms with Crippen LogP contribution in [0, 0.1) is 20.8 Å². The van der Waals surface area contributed by atoms with E-state index in [1.807, 2.05) is 19.9 Å². The quantitative estimate of drug-likeness (QED) is 0.898. The smallest absolute Gasteiger partial charge is 0.339 e. The lowest BCUT2D eigenvalue weighted by atomic mass is 10.1. The van der Waals surface area contributed by atoms with E-state index in [1.165, 1.54) is 4.88 Å². The minimum Gasteiger partial charge on any atom is -0.478 e. The van der Waals surface area contributed by atoms with Gasteiger partial charge in [-0.25, -0.2) is 9.78 Å². The van der Waals surface area contributed by atoms with Crippen molar-refractivity contribution in [1.82, 2.24) is 4.98 Å². The third-order valence-corrected chi connectivity index (χ3v) is 3.79. The van der Waals surface area contributed by atoms with Crippen molar-refractivity contribution in [3.05, 3.63) is 44.8 Å². The molecule has 2 heterocycles. The summed E-state index contributed by atoms with van der Waals surface area (Å²) >= 11 is 1.69. The van der Waals surface area contributed by atoms with Crippen LogP contribution in [0.5, 0.6) is 0 Å². The molecule has 0 unspecified atom stereocenters. The second kappa shape index (κ2) is 5.40. The number of carboxylic acid groups (broad SMARTS) is 1. The Morgan fingerprint density at radius 3 is 2.68 bits per heavy atom. The predicted octanol–water partition coefficient (Wildman–Crippen LogP) is 3.38. The molecule has 2 aromatic rings. The Balaban J connectivity index is 2.26. The summed E-state index contributed by atoms with van der Waals surface area (Å²) < 4.78 is 0. The number of nitrogens with one attached hydrogen (secondary N) is 1. The molecule has 100 valence electrons. The van der Waals surface area contributed by atoms with E-state index in [0.29, 0.717) is 12.4 Å². The summed E-state index contributed by atoms with van der Waals surface area (Å²) in [5.74, 6) is -0.508. The van der Waals surface area contributed by atoms with Gasteiger partial charge in [-0.05, 0) is 44.5 Å². The fourth-order valence-electron chi connectivity index (χ4n) is 1.99. The Bertz CT molecular complexity index is 620. The van der Waals surface area contributed by atoms with Gasteiger partial charge in [-0.2, -0.15) is 0 Å². The average Bonchev–Trinajstić information content (AvgIpc) is 2.71. The third-order valence-electron chi connectivity index (χ3n) is 2.78. The van der Waals surface area contributed by atoms with Crippen LogP contribution in [0.4, 0.5) is 5.82 Å². The molecule has 2 N–H and O–H groups in total. The summed E-state index contributed by atoms with van der Waals surface area (Å²) in [5.41, 5.74) is 1.79. The van der Waals surface area contributed by atoms with E-state index in [9.17, 15) is 9.90 Å². The van der Waals surface area contributed by atoms with Crippen molar-refractivity contribution in [2.24, 2.45) is 0 Å². The van der Waals surface area contributed by atoms with Crippen molar-refractivity contribution in [1.29, 1.82) is 0 Å². The first-order chi connectivity index (χ1) is 8.97. The van der Waals surface area contributed by atoms with Gasteiger partial charge in [0.2, 0.25) is 0 Å². The Morgan fingerprint density at radius 2 is 2.11 bits per heavy atom. The van der Waals surface area contributed by atoms with Gasteiger partial charge in [-0.1, -0.05) is 0 Å². The number of carbonyl (C=O) groups is 1. The van der Waals surface area contributed by atoms with Crippen molar-refractivity contribution >= 4 is 23.1 Å². The molecule has 0 fully saturated rings. The molecule has 0 aliphatic heterocycles. The summed E-state index contributed by atoms with van der Waals surface area (Å²) in [6, 6.07) is 5.87. The second-order valence-electron chi connectivity index (χ2n) is 4.48. The minimum atomic E-state index is -0.949. The van der Waals surface area contributed by atoms with Gasteiger partial charge in [0, 0.05) is 15.4 Å². The van der Waals surface area contributed by atoms with Gasteiger partial charge in [0.15, 0.2) is 0 Å². The number of pyridine rings is 1. The minimum absolute atomic E-state index is 0.249. The topological polar surface area (TPSA) is 62.2 Å². The number of rotatable bonds is 4. The van der Waals surface area contributed by atoms with Crippen LogP contribution in [-0.4, -0.2) is 16.1 Å². The summed E-state index contributed by atoms with van der Waals surface area (Å²) in [5, 5.41) is 12.4. The van der Waals surface area contributed by atoms with Crippen LogP contribution in [0.3, 0.4) is 0 Å². The predicted molar refractivity (Wildman–Crippen MR) is 77.1 cm³/mol. The van der Waals surface area contributed by atoms with Crippen LogP contribution < -0.4 is 5.32 Å². The largest absolute Gasteiger partial charge is 0.478 e. The number of aryl methyl sites for hydroxylation is 3. The van der Waals surface area contributed by atoms with Crippen LogP contribution in [0.15, 0.2) is 18.2 Å². The number of hydrogen-bond donors (Lipinski definition) is 2. The molecule has 0 radical (unpaired) electrons. The van der Waals surface area contributed by atoms with E-state index in [-0.39, 0.29) is 5.56 Å². The number of carboxylic acids is 1. The first-order valence-electron chi connectivity index (χ1n) is 5.98. The molecule has 0 atom stereocenters. The van der Waals surface area contributed by atoms with Gasteiger partial charge in [0.1, 0.15) is 11.4 Å². The van der Waals surface area contributed by atoms with E-state index in [4.69, 9.17) is 0 Å². The molecule has 0 saturated carbocycles. The van der Waals surface area contributed by atoms with Gasteiger partial charge >= 0.3 is 5.97 Å². The highest BCUT2D eigenvalue weighted by atomic mass is 32.1. The van der Waals surface area contributed by atoms with Gasteiger partial charge in [0.05, 0.1) is 6.54 Å². The Morgan fingerprint density at radius 1 is 1.37 bits per heavy atom.